The first-order valence-corrected chi connectivity index (χ1v) is 9.41. The smallest absolute Gasteiger partial charge is 0.343 e. The normalized spacial score (nSPS) is 15.7. The Kier molecular flexibility index (Phi) is 8.26. The van der Waals surface area contributed by atoms with Gasteiger partial charge in [0.1, 0.15) is 0 Å². The lowest BCUT2D eigenvalue weighted by Gasteiger charge is -2.21. The van der Waals surface area contributed by atoms with E-state index in [0.717, 1.165) is 24.6 Å². The Morgan fingerprint density at radius 3 is 2.41 bits per heavy atom. The number of aliphatic hydroxyl groups is 1. The van der Waals surface area contributed by atoms with Gasteiger partial charge in [-0.1, -0.05) is 44.2 Å². The molecule has 148 valence electrons. The molecule has 1 saturated carbocycles. The summed E-state index contributed by atoms with van der Waals surface area (Å²) < 4.78 is 4.47. The molecule has 0 heterocycles. The fraction of sp³-hybridized carbons (Fsp3) is 0.550. The van der Waals surface area contributed by atoms with Crippen LogP contribution in [0.4, 0.5) is 5.69 Å². The highest BCUT2D eigenvalue weighted by Gasteiger charge is 2.23. The Balaban J connectivity index is 1.71. The van der Waals surface area contributed by atoms with Gasteiger partial charge in [0.05, 0.1) is 12.8 Å². The zero-order chi connectivity index (χ0) is 19.6. The third kappa shape index (κ3) is 7.78. The molecule has 1 unspecified atom stereocenters. The van der Waals surface area contributed by atoms with Gasteiger partial charge in [0.15, 0.2) is 6.10 Å². The molecule has 1 aliphatic rings. The third-order valence-electron chi connectivity index (χ3n) is 4.76. The Bertz CT molecular complexity index is 636. The molecule has 0 amide bonds. The summed E-state index contributed by atoms with van der Waals surface area (Å²) in [4.78, 5) is 33.6. The molecule has 1 fully saturated rings. The molecule has 3 N–H and O–H groups in total. The van der Waals surface area contributed by atoms with Crippen molar-refractivity contribution < 1.29 is 29.3 Å². The molecule has 0 bridgehead atoms. The van der Waals surface area contributed by atoms with Crippen molar-refractivity contribution in [3.63, 3.8) is 0 Å². The number of nitrogens with one attached hydrogen (secondary N) is 1. The summed E-state index contributed by atoms with van der Waals surface area (Å²) in [7, 11) is 0. The number of carbonyl (C=O) groups excluding carboxylic acids is 2. The molecule has 1 aromatic rings. The summed E-state index contributed by atoms with van der Waals surface area (Å²) in [6.45, 7) is 0.919. The van der Waals surface area contributed by atoms with Crippen molar-refractivity contribution in [3.8, 4) is 0 Å². The molecule has 1 atom stereocenters. The number of carboxylic acids is 1. The minimum Gasteiger partial charge on any atom is -0.481 e. The number of esters is 2. The molecule has 0 saturated heterocycles. The second-order valence-electron chi connectivity index (χ2n) is 7.00. The topological polar surface area (TPSA) is 113 Å². The van der Waals surface area contributed by atoms with Crippen molar-refractivity contribution in [2.75, 3.05) is 11.9 Å². The van der Waals surface area contributed by atoms with Crippen LogP contribution in [0, 0.1) is 5.92 Å². The SMILES string of the molecule is O=C(O)CC(O)C(=O)OC(=O)Cc1ccc(NCCC2CCCCC2)cc1. The highest BCUT2D eigenvalue weighted by Crippen LogP contribution is 2.26. The van der Waals surface area contributed by atoms with Crippen molar-refractivity contribution in [3.05, 3.63) is 29.8 Å². The van der Waals surface area contributed by atoms with Crippen LogP contribution >= 0.6 is 0 Å². The molecule has 2 rings (SSSR count). The van der Waals surface area contributed by atoms with Crippen LogP contribution in [0.15, 0.2) is 24.3 Å². The van der Waals surface area contributed by atoms with Gasteiger partial charge >= 0.3 is 17.9 Å². The lowest BCUT2D eigenvalue weighted by Crippen LogP contribution is -2.28. The van der Waals surface area contributed by atoms with Crippen molar-refractivity contribution in [1.82, 2.24) is 0 Å². The van der Waals surface area contributed by atoms with Gasteiger partial charge in [-0.25, -0.2) is 4.79 Å². The minimum absolute atomic E-state index is 0.131. The first kappa shape index (κ1) is 20.9. The number of hydrogen-bond donors (Lipinski definition) is 3. The van der Waals surface area contributed by atoms with Crippen molar-refractivity contribution in [2.45, 2.75) is 57.5 Å². The van der Waals surface area contributed by atoms with Crippen LogP contribution < -0.4 is 5.32 Å². The number of hydrogen-bond acceptors (Lipinski definition) is 6. The van der Waals surface area contributed by atoms with E-state index in [9.17, 15) is 19.5 Å². The monoisotopic (exact) mass is 377 g/mol. The van der Waals surface area contributed by atoms with Gasteiger partial charge in [-0.3, -0.25) is 9.59 Å². The molecule has 0 aliphatic heterocycles. The van der Waals surface area contributed by atoms with Gasteiger partial charge in [0, 0.05) is 12.2 Å². The first-order chi connectivity index (χ1) is 12.9. The molecule has 0 aromatic heterocycles. The van der Waals surface area contributed by atoms with Gasteiger partial charge in [-0.2, -0.15) is 0 Å². The lowest BCUT2D eigenvalue weighted by atomic mass is 9.87. The molecule has 1 aliphatic carbocycles. The fourth-order valence-electron chi connectivity index (χ4n) is 3.27. The standard InChI is InChI=1S/C20H27NO6/c22-17(13-18(23)24)20(26)27-19(25)12-15-6-8-16(9-7-15)21-11-10-14-4-2-1-3-5-14/h6-9,14,17,21-22H,1-5,10-13H2,(H,23,24). The van der Waals surface area contributed by atoms with Crippen LogP contribution in [0.3, 0.4) is 0 Å². The molecule has 1 aromatic carbocycles. The molecule has 7 heteroatoms. The summed E-state index contributed by atoms with van der Waals surface area (Å²) in [5.74, 6) is -2.61. The maximum atomic E-state index is 11.7. The second-order valence-corrected chi connectivity index (χ2v) is 7.00. The minimum atomic E-state index is -1.85. The van der Waals surface area contributed by atoms with E-state index in [1.807, 2.05) is 12.1 Å². The number of rotatable bonds is 9. The third-order valence-corrected chi connectivity index (χ3v) is 4.76. The predicted octanol–water partition coefficient (Wildman–Crippen LogP) is 2.52. The number of aliphatic hydroxyl groups excluding tert-OH is 1. The summed E-state index contributed by atoms with van der Waals surface area (Å²) in [6, 6.07) is 7.26. The van der Waals surface area contributed by atoms with E-state index in [2.05, 4.69) is 10.1 Å². The predicted molar refractivity (Wildman–Crippen MR) is 99.2 cm³/mol. The van der Waals surface area contributed by atoms with Crippen LogP contribution in [0.5, 0.6) is 0 Å². The summed E-state index contributed by atoms with van der Waals surface area (Å²) in [5.41, 5.74) is 1.63. The number of aliphatic carboxylic acids is 1. The Labute approximate surface area is 158 Å². The second kappa shape index (κ2) is 10.7. The van der Waals surface area contributed by atoms with E-state index in [-0.39, 0.29) is 6.42 Å². The molecule has 0 radical (unpaired) electrons. The maximum absolute atomic E-state index is 11.7. The average molecular weight is 377 g/mol. The number of anilines is 1. The zero-order valence-corrected chi connectivity index (χ0v) is 15.4. The highest BCUT2D eigenvalue weighted by molar-refractivity contribution is 5.90. The Morgan fingerprint density at radius 1 is 1.11 bits per heavy atom. The van der Waals surface area contributed by atoms with Crippen LogP contribution in [0.25, 0.3) is 0 Å². The van der Waals surface area contributed by atoms with Crippen LogP contribution in [-0.2, 0) is 25.5 Å². The molecule has 0 spiro atoms. The van der Waals surface area contributed by atoms with E-state index in [0.29, 0.717) is 5.56 Å². The number of benzene rings is 1. The van der Waals surface area contributed by atoms with E-state index in [4.69, 9.17) is 5.11 Å². The number of carboxylic acid groups (broad SMARTS) is 1. The summed E-state index contributed by atoms with van der Waals surface area (Å²) in [5, 5.41) is 21.2. The Morgan fingerprint density at radius 2 is 1.78 bits per heavy atom. The van der Waals surface area contributed by atoms with E-state index >= 15 is 0 Å². The molecular weight excluding hydrogens is 350 g/mol. The summed E-state index contributed by atoms with van der Waals surface area (Å²) in [6.07, 6.45) is 5.07. The van der Waals surface area contributed by atoms with Crippen LogP contribution in [-0.4, -0.2) is 40.8 Å². The fourth-order valence-corrected chi connectivity index (χ4v) is 3.27. The largest absolute Gasteiger partial charge is 0.481 e. The van der Waals surface area contributed by atoms with Crippen LogP contribution in [0.2, 0.25) is 0 Å². The number of ether oxygens (including phenoxy) is 1. The van der Waals surface area contributed by atoms with Gasteiger partial charge in [0.25, 0.3) is 0 Å². The summed E-state index contributed by atoms with van der Waals surface area (Å²) >= 11 is 0. The zero-order valence-electron chi connectivity index (χ0n) is 15.4. The quantitative estimate of drug-likeness (QED) is 0.448. The molecule has 27 heavy (non-hydrogen) atoms. The van der Waals surface area contributed by atoms with Crippen molar-refractivity contribution >= 4 is 23.6 Å². The van der Waals surface area contributed by atoms with Crippen molar-refractivity contribution in [1.29, 1.82) is 0 Å². The Hall–Kier alpha value is -2.41. The van der Waals surface area contributed by atoms with Crippen molar-refractivity contribution in [2.24, 2.45) is 5.92 Å². The highest BCUT2D eigenvalue weighted by atomic mass is 16.6. The lowest BCUT2D eigenvalue weighted by molar-refractivity contribution is -0.167. The van der Waals surface area contributed by atoms with Gasteiger partial charge in [-0.05, 0) is 30.0 Å². The molecule has 7 nitrogen and oxygen atoms in total. The van der Waals surface area contributed by atoms with E-state index in [1.54, 1.807) is 12.1 Å². The maximum Gasteiger partial charge on any atom is 0.343 e. The van der Waals surface area contributed by atoms with E-state index in [1.165, 1.54) is 32.1 Å². The van der Waals surface area contributed by atoms with E-state index < -0.39 is 30.4 Å². The van der Waals surface area contributed by atoms with Crippen LogP contribution in [0.1, 0.15) is 50.5 Å². The van der Waals surface area contributed by atoms with Gasteiger partial charge in [0.2, 0.25) is 0 Å². The van der Waals surface area contributed by atoms with Gasteiger partial charge in [-0.15, -0.1) is 0 Å². The van der Waals surface area contributed by atoms with Gasteiger partial charge < -0.3 is 20.3 Å². The number of carbonyl (C=O) groups is 3. The first-order valence-electron chi connectivity index (χ1n) is 9.41. The average Bonchev–Trinajstić information content (AvgIpc) is 2.63. The molecular formula is C20H27NO6.